The van der Waals surface area contributed by atoms with Gasteiger partial charge in [0.1, 0.15) is 24.1 Å². The fourth-order valence-corrected chi connectivity index (χ4v) is 5.11. The van der Waals surface area contributed by atoms with Crippen LogP contribution >= 0.6 is 11.8 Å². The van der Waals surface area contributed by atoms with Crippen molar-refractivity contribution in [3.63, 3.8) is 0 Å². The van der Waals surface area contributed by atoms with E-state index in [0.29, 0.717) is 5.56 Å². The van der Waals surface area contributed by atoms with Crippen LogP contribution in [-0.4, -0.2) is 64.3 Å². The standard InChI is InChI=1S/C23H25N3O9S.2Na/c1-12(27)35-10-14-11-36-22-18(21(32)26(22)19(14)23(33)34)25-20(31)17(13-6-3-2-4-7-13)24-15(28)8-5-9-16(29)30;;/h2-4,6-7,17-18,22H,5,8-11H2,1H3,(H,24,28)(H,25,31)(H,29,30)(H,33,34);;/q;2*+1/p-2/t17?,18-,22-;;/m1../s1. The van der Waals surface area contributed by atoms with Gasteiger partial charge in [0.05, 0.1) is 11.7 Å². The van der Waals surface area contributed by atoms with Crippen molar-refractivity contribution in [3.8, 4) is 0 Å². The number of ether oxygens (including phenoxy) is 1. The summed E-state index contributed by atoms with van der Waals surface area (Å²) in [6.07, 6.45) is -0.432. The summed E-state index contributed by atoms with van der Waals surface area (Å²) in [6, 6.07) is 6.01. The van der Waals surface area contributed by atoms with Gasteiger partial charge >= 0.3 is 65.1 Å². The molecule has 0 aliphatic carbocycles. The largest absolute Gasteiger partial charge is 1.00 e. The molecule has 2 aliphatic rings. The molecule has 1 aromatic rings. The number of nitrogens with one attached hydrogen (secondary N) is 2. The number of rotatable bonds is 11. The van der Waals surface area contributed by atoms with Crippen LogP contribution in [0.3, 0.4) is 0 Å². The molecule has 0 saturated carbocycles. The van der Waals surface area contributed by atoms with Crippen molar-refractivity contribution in [2.45, 2.75) is 43.6 Å². The Kier molecular flexibility index (Phi) is 14.1. The second kappa shape index (κ2) is 15.7. The van der Waals surface area contributed by atoms with Gasteiger partial charge in [-0.25, -0.2) is 0 Å². The zero-order chi connectivity index (χ0) is 26.4. The average molecular weight is 563 g/mol. The molecule has 38 heavy (non-hydrogen) atoms. The first-order valence-electron chi connectivity index (χ1n) is 11.0. The summed E-state index contributed by atoms with van der Waals surface area (Å²) in [5.74, 6) is -5.32. The minimum Gasteiger partial charge on any atom is -0.550 e. The fourth-order valence-electron chi connectivity index (χ4n) is 3.78. The third-order valence-corrected chi connectivity index (χ3v) is 6.81. The molecule has 15 heteroatoms. The number of thioether (sulfide) groups is 1. The first-order chi connectivity index (χ1) is 17.1. The Hall–Kier alpha value is -1.87. The summed E-state index contributed by atoms with van der Waals surface area (Å²) in [5.41, 5.74) is 0.244. The van der Waals surface area contributed by atoms with Crippen molar-refractivity contribution < 1.29 is 103 Å². The molecule has 12 nitrogen and oxygen atoms in total. The van der Waals surface area contributed by atoms with Gasteiger partial charge in [-0.2, -0.15) is 0 Å². The number of aliphatic carboxylic acids is 2. The second-order valence-corrected chi connectivity index (χ2v) is 9.16. The van der Waals surface area contributed by atoms with E-state index in [-0.39, 0.29) is 96.3 Å². The Labute approximate surface area is 266 Å². The third kappa shape index (κ3) is 8.57. The molecule has 0 bridgehead atoms. The summed E-state index contributed by atoms with van der Waals surface area (Å²) >= 11 is 1.18. The number of hydrogen-bond acceptors (Lipinski definition) is 10. The van der Waals surface area contributed by atoms with Crippen molar-refractivity contribution >= 4 is 47.4 Å². The molecule has 3 rings (SSSR count). The number of fused-ring (bicyclic) bond motifs is 1. The molecule has 3 amide bonds. The molecule has 2 N–H and O–H groups in total. The number of carboxylic acid groups (broad SMARTS) is 2. The van der Waals surface area contributed by atoms with E-state index in [1.54, 1.807) is 30.3 Å². The van der Waals surface area contributed by atoms with Crippen LogP contribution in [0.5, 0.6) is 0 Å². The maximum absolute atomic E-state index is 13.1. The molecule has 1 unspecified atom stereocenters. The Morgan fingerprint density at radius 3 is 2.34 bits per heavy atom. The predicted octanol–water partition coefficient (Wildman–Crippen LogP) is -8.26. The van der Waals surface area contributed by atoms with Gasteiger partial charge in [0.2, 0.25) is 11.8 Å². The van der Waals surface area contributed by atoms with E-state index in [1.165, 1.54) is 18.7 Å². The van der Waals surface area contributed by atoms with Gasteiger partial charge in [-0.15, -0.1) is 11.8 Å². The molecule has 1 saturated heterocycles. The zero-order valence-corrected chi connectivity index (χ0v) is 26.0. The number of esters is 1. The minimum absolute atomic E-state index is 0. The van der Waals surface area contributed by atoms with Crippen LogP contribution in [0.4, 0.5) is 0 Å². The number of carbonyl (C=O) groups excluding carboxylic acids is 6. The first-order valence-corrected chi connectivity index (χ1v) is 12.0. The minimum atomic E-state index is -1.61. The Morgan fingerprint density at radius 2 is 1.76 bits per heavy atom. The van der Waals surface area contributed by atoms with E-state index >= 15 is 0 Å². The average Bonchev–Trinajstić information content (AvgIpc) is 2.83. The molecule has 2 heterocycles. The third-order valence-electron chi connectivity index (χ3n) is 5.47. The molecule has 192 valence electrons. The molecule has 0 radical (unpaired) electrons. The second-order valence-electron chi connectivity index (χ2n) is 8.05. The molecule has 0 spiro atoms. The maximum atomic E-state index is 13.1. The van der Waals surface area contributed by atoms with Crippen LogP contribution in [0.25, 0.3) is 0 Å². The van der Waals surface area contributed by atoms with Crippen LogP contribution in [0.2, 0.25) is 0 Å². The van der Waals surface area contributed by atoms with Crippen LogP contribution in [0, 0.1) is 0 Å². The van der Waals surface area contributed by atoms with Crippen molar-refractivity contribution in [2.24, 2.45) is 0 Å². The van der Waals surface area contributed by atoms with Gasteiger partial charge in [0, 0.05) is 30.6 Å². The number of hydrogen-bond donors (Lipinski definition) is 2. The predicted molar refractivity (Wildman–Crippen MR) is 120 cm³/mol. The molecule has 2 aliphatic heterocycles. The molecule has 1 aromatic carbocycles. The van der Waals surface area contributed by atoms with Crippen molar-refractivity contribution in [3.05, 3.63) is 47.2 Å². The van der Waals surface area contributed by atoms with Crippen molar-refractivity contribution in [1.82, 2.24) is 15.5 Å². The summed E-state index contributed by atoms with van der Waals surface area (Å²) in [6.45, 7) is 0.864. The molecular weight excluding hydrogens is 540 g/mol. The van der Waals surface area contributed by atoms with Gasteiger partial charge in [-0.1, -0.05) is 30.3 Å². The number of amides is 3. The van der Waals surface area contributed by atoms with Crippen LogP contribution < -0.4 is 80.0 Å². The number of carbonyl (C=O) groups is 6. The Morgan fingerprint density at radius 1 is 1.11 bits per heavy atom. The molecule has 1 fully saturated rings. The topological polar surface area (TPSA) is 185 Å². The van der Waals surface area contributed by atoms with E-state index in [0.717, 1.165) is 4.90 Å². The van der Waals surface area contributed by atoms with Crippen molar-refractivity contribution in [2.75, 3.05) is 12.4 Å². The first kappa shape index (κ1) is 34.2. The summed E-state index contributed by atoms with van der Waals surface area (Å²) < 4.78 is 4.87. The van der Waals surface area contributed by atoms with Gasteiger partial charge in [0.15, 0.2) is 0 Å². The van der Waals surface area contributed by atoms with E-state index < -0.39 is 58.8 Å². The quantitative estimate of drug-likeness (QED) is 0.149. The summed E-state index contributed by atoms with van der Waals surface area (Å²) in [4.78, 5) is 72.7. The summed E-state index contributed by atoms with van der Waals surface area (Å²) in [7, 11) is 0. The van der Waals surface area contributed by atoms with E-state index in [4.69, 9.17) is 4.74 Å². The molecule has 0 aromatic heterocycles. The number of benzene rings is 1. The maximum Gasteiger partial charge on any atom is 1.00 e. The SMILES string of the molecule is CC(=O)OCC1=C(C(=O)[O-])N2C(=O)[C@@H](NC(=O)C(NC(=O)CCCC(=O)[O-])c3ccccc3)[C@H]2SC1.[Na+].[Na+]. The van der Waals surface area contributed by atoms with Gasteiger partial charge in [0.25, 0.3) is 5.91 Å². The molecule has 3 atom stereocenters. The van der Waals surface area contributed by atoms with E-state index in [1.807, 2.05) is 0 Å². The van der Waals surface area contributed by atoms with E-state index in [9.17, 15) is 39.0 Å². The van der Waals surface area contributed by atoms with Gasteiger partial charge < -0.3 is 35.2 Å². The number of β-lactam (4-membered cyclic amide) rings is 1. The monoisotopic (exact) mass is 563 g/mol. The Balaban J connectivity index is 0.00000361. The van der Waals surface area contributed by atoms with Crippen LogP contribution in [0.15, 0.2) is 41.6 Å². The van der Waals surface area contributed by atoms with Gasteiger partial charge in [-0.3, -0.25) is 24.1 Å². The number of nitrogens with zero attached hydrogens (tertiary/aromatic N) is 1. The summed E-state index contributed by atoms with van der Waals surface area (Å²) in [5, 5.41) is 26.7. The van der Waals surface area contributed by atoms with Gasteiger partial charge in [-0.05, 0) is 18.4 Å². The molecular formula is C23H23N3Na2O9S. The van der Waals surface area contributed by atoms with E-state index in [2.05, 4.69) is 10.6 Å². The smallest absolute Gasteiger partial charge is 0.550 e. The fraction of sp³-hybridized carbons (Fsp3) is 0.391. The zero-order valence-electron chi connectivity index (χ0n) is 21.2. The number of carboxylic acids is 2. The normalized spacial score (nSPS) is 18.4. The Bertz CT molecular complexity index is 1120. The van der Waals surface area contributed by atoms with Crippen molar-refractivity contribution in [1.29, 1.82) is 0 Å². The van der Waals surface area contributed by atoms with Crippen LogP contribution in [-0.2, 0) is 33.5 Å². The van der Waals surface area contributed by atoms with Crippen LogP contribution in [0.1, 0.15) is 37.8 Å².